The van der Waals surface area contributed by atoms with Crippen molar-refractivity contribution in [1.29, 1.82) is 0 Å². The van der Waals surface area contributed by atoms with Gasteiger partial charge in [-0.15, -0.1) is 11.3 Å². The first kappa shape index (κ1) is 18.8. The molecule has 0 fully saturated rings. The van der Waals surface area contributed by atoms with Crippen LogP contribution in [0.5, 0.6) is 0 Å². The van der Waals surface area contributed by atoms with E-state index in [1.54, 1.807) is 13.0 Å². The highest BCUT2D eigenvalue weighted by Crippen LogP contribution is 2.28. The van der Waals surface area contributed by atoms with Crippen molar-refractivity contribution in [2.75, 3.05) is 7.11 Å². The molecule has 3 aromatic heterocycles. The van der Waals surface area contributed by atoms with E-state index in [1.165, 1.54) is 17.7 Å². The van der Waals surface area contributed by atoms with Gasteiger partial charge in [-0.25, -0.2) is 14.6 Å². The molecule has 0 aromatic carbocycles. The molecule has 142 valence electrons. The second-order valence-electron chi connectivity index (χ2n) is 6.32. The van der Waals surface area contributed by atoms with E-state index in [0.717, 1.165) is 11.3 Å². The zero-order valence-corrected chi connectivity index (χ0v) is 16.0. The number of methoxy groups -OCH3 is 1. The number of carbonyl (C=O) groups excluding carboxylic acids is 1. The molecule has 0 saturated heterocycles. The first-order valence-electron chi connectivity index (χ1n) is 8.18. The second-order valence-corrected chi connectivity index (χ2v) is 7.31. The van der Waals surface area contributed by atoms with E-state index in [0.29, 0.717) is 27.4 Å². The van der Waals surface area contributed by atoms with Crippen molar-refractivity contribution in [3.63, 3.8) is 0 Å². The van der Waals surface area contributed by atoms with Crippen LogP contribution in [0.25, 0.3) is 10.2 Å². The quantitative estimate of drug-likeness (QED) is 0.667. The van der Waals surface area contributed by atoms with Gasteiger partial charge in [0.2, 0.25) is 5.76 Å². The largest absolute Gasteiger partial charge is 0.477 e. The van der Waals surface area contributed by atoms with Crippen molar-refractivity contribution in [3.8, 4) is 0 Å². The Kier molecular flexibility index (Phi) is 4.88. The van der Waals surface area contributed by atoms with Crippen molar-refractivity contribution in [2.24, 2.45) is 0 Å². The van der Waals surface area contributed by atoms with E-state index in [2.05, 4.69) is 9.72 Å². The van der Waals surface area contributed by atoms with Crippen molar-refractivity contribution in [3.05, 3.63) is 50.3 Å². The Labute approximate surface area is 158 Å². The minimum absolute atomic E-state index is 0.0422. The molecular weight excluding hydrogens is 372 g/mol. The van der Waals surface area contributed by atoms with Crippen LogP contribution in [0.3, 0.4) is 0 Å². The minimum atomic E-state index is -1.08. The summed E-state index contributed by atoms with van der Waals surface area (Å²) in [5, 5.41) is 9.63. The molecule has 3 rings (SSSR count). The maximum atomic E-state index is 13.1. The van der Waals surface area contributed by atoms with Crippen LogP contribution in [0, 0.1) is 6.92 Å². The smallest absolute Gasteiger partial charge is 0.373 e. The summed E-state index contributed by atoms with van der Waals surface area (Å²) in [7, 11) is 1.25. The molecule has 0 aliphatic heterocycles. The Morgan fingerprint density at radius 1 is 1.37 bits per heavy atom. The summed E-state index contributed by atoms with van der Waals surface area (Å²) in [4.78, 5) is 41.1. The van der Waals surface area contributed by atoms with Crippen molar-refractivity contribution in [1.82, 2.24) is 9.55 Å². The third kappa shape index (κ3) is 3.25. The lowest BCUT2D eigenvalue weighted by Crippen LogP contribution is -2.26. The number of carboxylic acids is 1. The lowest BCUT2D eigenvalue weighted by atomic mass is 10.1. The average Bonchev–Trinajstić information content (AvgIpc) is 3.21. The van der Waals surface area contributed by atoms with Gasteiger partial charge >= 0.3 is 11.9 Å². The van der Waals surface area contributed by atoms with Gasteiger partial charge in [0.05, 0.1) is 19.0 Å². The fourth-order valence-corrected chi connectivity index (χ4v) is 3.88. The summed E-state index contributed by atoms with van der Waals surface area (Å²) < 4.78 is 11.5. The van der Waals surface area contributed by atoms with Crippen LogP contribution >= 0.6 is 11.3 Å². The number of hydrogen-bond acceptors (Lipinski definition) is 7. The number of furan rings is 1. The summed E-state index contributed by atoms with van der Waals surface area (Å²) >= 11 is 0.995. The van der Waals surface area contributed by atoms with Crippen molar-refractivity contribution >= 4 is 33.5 Å². The molecule has 0 aliphatic rings. The Hall–Kier alpha value is -2.94. The number of thiophene rings is 1. The number of carbonyl (C=O) groups is 2. The van der Waals surface area contributed by atoms with Gasteiger partial charge in [0, 0.05) is 5.92 Å². The number of ether oxygens (including phenoxy) is 1. The van der Waals surface area contributed by atoms with E-state index in [4.69, 9.17) is 4.42 Å². The zero-order chi connectivity index (χ0) is 19.9. The number of nitrogens with zero attached hydrogens (tertiary/aromatic N) is 2. The molecule has 0 aliphatic carbocycles. The van der Waals surface area contributed by atoms with E-state index in [-0.39, 0.29) is 28.7 Å². The first-order valence-corrected chi connectivity index (χ1v) is 9.00. The average molecular weight is 390 g/mol. The number of hydrogen-bond donors (Lipinski definition) is 1. The zero-order valence-electron chi connectivity index (χ0n) is 15.2. The monoisotopic (exact) mass is 390 g/mol. The molecule has 0 radical (unpaired) electrons. The van der Waals surface area contributed by atoms with Crippen molar-refractivity contribution < 1.29 is 23.8 Å². The topological polar surface area (TPSA) is 112 Å². The second kappa shape index (κ2) is 6.99. The molecule has 3 heterocycles. The predicted octanol–water partition coefficient (Wildman–Crippen LogP) is 3.02. The summed E-state index contributed by atoms with van der Waals surface area (Å²) in [6.07, 6.45) is 0. The molecule has 0 bridgehead atoms. The standard InChI is InChI=1S/C18H18N2O6S/c1-8(2)14-19-15-12(9(3)13(27-15)17(22)23)16(21)20(14)7-10-5-6-11(26-10)18(24)25-4/h5-6,8H,7H2,1-4H3,(H,22,23). The maximum Gasteiger partial charge on any atom is 0.373 e. The predicted molar refractivity (Wildman–Crippen MR) is 98.8 cm³/mol. The highest BCUT2D eigenvalue weighted by atomic mass is 32.1. The number of fused-ring (bicyclic) bond motifs is 1. The fraction of sp³-hybridized carbons (Fsp3) is 0.333. The summed E-state index contributed by atoms with van der Waals surface area (Å²) in [6, 6.07) is 3.07. The van der Waals surface area contributed by atoms with Gasteiger partial charge in [-0.05, 0) is 24.6 Å². The van der Waals surface area contributed by atoms with Crippen LogP contribution in [0.15, 0.2) is 21.3 Å². The first-order chi connectivity index (χ1) is 12.7. The molecule has 0 saturated carbocycles. The fourth-order valence-electron chi connectivity index (χ4n) is 2.86. The maximum absolute atomic E-state index is 13.1. The molecule has 0 amide bonds. The van der Waals surface area contributed by atoms with Gasteiger partial charge in [0.1, 0.15) is 21.3 Å². The SMILES string of the molecule is COC(=O)c1ccc(Cn2c(C(C)C)nc3sc(C(=O)O)c(C)c3c2=O)o1. The third-order valence-corrected chi connectivity index (χ3v) is 5.33. The Balaban J connectivity index is 2.17. The molecule has 3 aromatic rings. The highest BCUT2D eigenvalue weighted by Gasteiger charge is 2.23. The van der Waals surface area contributed by atoms with Gasteiger partial charge in [-0.1, -0.05) is 13.8 Å². The van der Waals surface area contributed by atoms with Crippen LogP contribution in [-0.2, 0) is 11.3 Å². The lowest BCUT2D eigenvalue weighted by Gasteiger charge is -2.14. The normalized spacial score (nSPS) is 11.3. The number of aromatic carboxylic acids is 1. The highest BCUT2D eigenvalue weighted by molar-refractivity contribution is 7.20. The van der Waals surface area contributed by atoms with Crippen LogP contribution in [0.1, 0.15) is 57.1 Å². The number of aryl methyl sites for hydroxylation is 1. The van der Waals surface area contributed by atoms with Crippen molar-refractivity contribution in [2.45, 2.75) is 33.2 Å². The van der Waals surface area contributed by atoms with Crippen LogP contribution in [0.2, 0.25) is 0 Å². The number of esters is 1. The molecule has 27 heavy (non-hydrogen) atoms. The van der Waals surface area contributed by atoms with Gasteiger partial charge < -0.3 is 14.3 Å². The molecule has 8 nitrogen and oxygen atoms in total. The van der Waals surface area contributed by atoms with E-state index < -0.39 is 11.9 Å². The number of rotatable bonds is 5. The molecule has 0 unspecified atom stereocenters. The Bertz CT molecular complexity index is 1110. The molecule has 0 atom stereocenters. The summed E-state index contributed by atoms with van der Waals surface area (Å²) in [5.74, 6) is -0.811. The Morgan fingerprint density at radius 2 is 2.07 bits per heavy atom. The van der Waals surface area contributed by atoms with E-state index in [9.17, 15) is 19.5 Å². The molecule has 0 spiro atoms. The molecule has 1 N–H and O–H groups in total. The lowest BCUT2D eigenvalue weighted by molar-refractivity contribution is 0.0562. The van der Waals surface area contributed by atoms with Gasteiger partial charge in [-0.3, -0.25) is 9.36 Å². The van der Waals surface area contributed by atoms with Crippen LogP contribution < -0.4 is 5.56 Å². The molecular formula is C18H18N2O6S. The van der Waals surface area contributed by atoms with E-state index >= 15 is 0 Å². The summed E-state index contributed by atoms with van der Waals surface area (Å²) in [6.45, 7) is 5.46. The van der Waals surface area contributed by atoms with Crippen LogP contribution in [-0.4, -0.2) is 33.7 Å². The number of aromatic nitrogens is 2. The van der Waals surface area contributed by atoms with Gasteiger partial charge in [0.15, 0.2) is 0 Å². The van der Waals surface area contributed by atoms with Crippen LogP contribution in [0.4, 0.5) is 0 Å². The van der Waals surface area contributed by atoms with E-state index in [1.807, 2.05) is 13.8 Å². The van der Waals surface area contributed by atoms with Gasteiger partial charge in [0.25, 0.3) is 5.56 Å². The van der Waals surface area contributed by atoms with Gasteiger partial charge in [-0.2, -0.15) is 0 Å². The molecule has 9 heteroatoms. The summed E-state index contributed by atoms with van der Waals surface area (Å²) in [5.41, 5.74) is 0.0692. The Morgan fingerprint density at radius 3 is 2.67 bits per heavy atom. The minimum Gasteiger partial charge on any atom is -0.477 e. The number of carboxylic acid groups (broad SMARTS) is 1. The third-order valence-electron chi connectivity index (χ3n) is 4.15.